The van der Waals surface area contributed by atoms with Crippen LogP contribution in [0, 0.1) is 19.8 Å². The number of anilines is 3. The van der Waals surface area contributed by atoms with Crippen molar-refractivity contribution in [3.63, 3.8) is 0 Å². The fourth-order valence-corrected chi connectivity index (χ4v) is 3.18. The molecule has 6 heteroatoms. The molecule has 140 valence electrons. The van der Waals surface area contributed by atoms with Crippen molar-refractivity contribution < 1.29 is 14.4 Å². The number of amides is 3. The summed E-state index contributed by atoms with van der Waals surface area (Å²) < 4.78 is 0. The minimum Gasteiger partial charge on any atom is -0.326 e. The molecule has 1 aliphatic heterocycles. The van der Waals surface area contributed by atoms with Gasteiger partial charge in [0.1, 0.15) is 0 Å². The number of aryl methyl sites for hydroxylation is 1. The Kier molecular flexibility index (Phi) is 5.26. The molecule has 1 aliphatic rings. The van der Waals surface area contributed by atoms with E-state index in [1.54, 1.807) is 29.2 Å². The zero-order chi connectivity index (χ0) is 19.6. The van der Waals surface area contributed by atoms with Gasteiger partial charge >= 0.3 is 0 Å². The van der Waals surface area contributed by atoms with E-state index >= 15 is 0 Å². The summed E-state index contributed by atoms with van der Waals surface area (Å²) in [6, 6.07) is 12.8. The summed E-state index contributed by atoms with van der Waals surface area (Å²) in [4.78, 5) is 37.8. The lowest BCUT2D eigenvalue weighted by Crippen LogP contribution is -2.28. The standard InChI is InChI=1S/C21H23N3O3/c1-13-5-4-6-19(14(13)2)23-21(27)16-11-20(26)24(12-16)18-9-7-17(8-10-18)22-15(3)25/h4-10,16H,11-12H2,1-3H3,(H,22,25)(H,23,27). The van der Waals surface area contributed by atoms with Gasteiger partial charge in [-0.3, -0.25) is 14.4 Å². The summed E-state index contributed by atoms with van der Waals surface area (Å²) in [5, 5.41) is 5.64. The first kappa shape index (κ1) is 18.6. The van der Waals surface area contributed by atoms with Crippen LogP contribution in [0.5, 0.6) is 0 Å². The van der Waals surface area contributed by atoms with Crippen LogP contribution in [0.2, 0.25) is 0 Å². The Hall–Kier alpha value is -3.15. The van der Waals surface area contributed by atoms with E-state index in [9.17, 15) is 14.4 Å². The molecule has 2 aromatic carbocycles. The molecule has 6 nitrogen and oxygen atoms in total. The first-order valence-electron chi connectivity index (χ1n) is 8.90. The molecule has 0 saturated carbocycles. The Morgan fingerprint density at radius 2 is 1.74 bits per heavy atom. The minimum absolute atomic E-state index is 0.0802. The molecule has 1 heterocycles. The van der Waals surface area contributed by atoms with Gasteiger partial charge in [-0.05, 0) is 55.3 Å². The number of carbonyl (C=O) groups excluding carboxylic acids is 3. The van der Waals surface area contributed by atoms with Gasteiger partial charge in [-0.25, -0.2) is 0 Å². The van der Waals surface area contributed by atoms with Gasteiger partial charge in [0.25, 0.3) is 0 Å². The zero-order valence-electron chi connectivity index (χ0n) is 15.7. The summed E-state index contributed by atoms with van der Waals surface area (Å²) in [7, 11) is 0. The number of benzene rings is 2. The Bertz CT molecular complexity index is 890. The average Bonchev–Trinajstić information content (AvgIpc) is 3.01. The molecular weight excluding hydrogens is 342 g/mol. The van der Waals surface area contributed by atoms with Crippen LogP contribution in [-0.4, -0.2) is 24.3 Å². The van der Waals surface area contributed by atoms with E-state index in [2.05, 4.69) is 10.6 Å². The largest absolute Gasteiger partial charge is 0.326 e. The lowest BCUT2D eigenvalue weighted by Gasteiger charge is -2.17. The molecular formula is C21H23N3O3. The third kappa shape index (κ3) is 4.16. The van der Waals surface area contributed by atoms with Crippen molar-refractivity contribution in [2.24, 2.45) is 5.92 Å². The monoisotopic (exact) mass is 365 g/mol. The van der Waals surface area contributed by atoms with Gasteiger partial charge in [-0.2, -0.15) is 0 Å². The fourth-order valence-electron chi connectivity index (χ4n) is 3.18. The van der Waals surface area contributed by atoms with Crippen LogP contribution in [0.4, 0.5) is 17.1 Å². The van der Waals surface area contributed by atoms with Crippen molar-refractivity contribution in [3.8, 4) is 0 Å². The van der Waals surface area contributed by atoms with E-state index in [4.69, 9.17) is 0 Å². The lowest BCUT2D eigenvalue weighted by molar-refractivity contribution is -0.122. The molecule has 2 aromatic rings. The van der Waals surface area contributed by atoms with Crippen LogP contribution in [0.15, 0.2) is 42.5 Å². The molecule has 1 atom stereocenters. The molecule has 3 rings (SSSR count). The lowest BCUT2D eigenvalue weighted by atomic mass is 10.1. The summed E-state index contributed by atoms with van der Waals surface area (Å²) in [5.41, 5.74) is 4.31. The number of hydrogen-bond donors (Lipinski definition) is 2. The number of nitrogens with zero attached hydrogens (tertiary/aromatic N) is 1. The van der Waals surface area contributed by atoms with Gasteiger partial charge in [0, 0.05) is 37.0 Å². The third-order valence-corrected chi connectivity index (χ3v) is 4.86. The average molecular weight is 365 g/mol. The summed E-state index contributed by atoms with van der Waals surface area (Å²) in [6.07, 6.45) is 0.185. The van der Waals surface area contributed by atoms with E-state index in [-0.39, 0.29) is 24.1 Å². The van der Waals surface area contributed by atoms with Crippen molar-refractivity contribution in [1.29, 1.82) is 0 Å². The Labute approximate surface area is 158 Å². The van der Waals surface area contributed by atoms with Gasteiger partial charge in [0.15, 0.2) is 0 Å². The number of nitrogens with one attached hydrogen (secondary N) is 2. The topological polar surface area (TPSA) is 78.5 Å². The van der Waals surface area contributed by atoms with Crippen molar-refractivity contribution in [1.82, 2.24) is 0 Å². The molecule has 0 radical (unpaired) electrons. The van der Waals surface area contributed by atoms with Gasteiger partial charge < -0.3 is 15.5 Å². The van der Waals surface area contributed by atoms with Crippen LogP contribution in [0.25, 0.3) is 0 Å². The molecule has 3 amide bonds. The van der Waals surface area contributed by atoms with Crippen molar-refractivity contribution in [2.75, 3.05) is 22.1 Å². The second kappa shape index (κ2) is 7.61. The predicted octanol–water partition coefficient (Wildman–Crippen LogP) is 3.25. The maximum absolute atomic E-state index is 12.6. The summed E-state index contributed by atoms with van der Waals surface area (Å²) in [6.45, 7) is 5.75. The van der Waals surface area contributed by atoms with Crippen LogP contribution < -0.4 is 15.5 Å². The highest BCUT2D eigenvalue weighted by atomic mass is 16.2. The summed E-state index contributed by atoms with van der Waals surface area (Å²) >= 11 is 0. The molecule has 2 N–H and O–H groups in total. The Balaban J connectivity index is 1.68. The first-order valence-corrected chi connectivity index (χ1v) is 8.90. The van der Waals surface area contributed by atoms with Gasteiger partial charge in [-0.1, -0.05) is 12.1 Å². The number of carbonyl (C=O) groups is 3. The van der Waals surface area contributed by atoms with Crippen molar-refractivity contribution >= 4 is 34.8 Å². The quantitative estimate of drug-likeness (QED) is 0.873. The predicted molar refractivity (Wildman–Crippen MR) is 106 cm³/mol. The summed E-state index contributed by atoms with van der Waals surface area (Å²) in [5.74, 6) is -0.770. The maximum atomic E-state index is 12.6. The van der Waals surface area contributed by atoms with E-state index in [0.29, 0.717) is 12.2 Å². The van der Waals surface area contributed by atoms with Crippen LogP contribution in [0.3, 0.4) is 0 Å². The maximum Gasteiger partial charge on any atom is 0.229 e. The molecule has 1 saturated heterocycles. The van der Waals surface area contributed by atoms with Crippen molar-refractivity contribution in [2.45, 2.75) is 27.2 Å². The molecule has 1 fully saturated rings. The number of hydrogen-bond acceptors (Lipinski definition) is 3. The van der Waals surface area contributed by atoms with E-state index < -0.39 is 5.92 Å². The Morgan fingerprint density at radius 3 is 2.41 bits per heavy atom. The van der Waals surface area contributed by atoms with Crippen LogP contribution in [0.1, 0.15) is 24.5 Å². The zero-order valence-corrected chi connectivity index (χ0v) is 15.7. The second-order valence-electron chi connectivity index (χ2n) is 6.87. The first-order chi connectivity index (χ1) is 12.8. The normalized spacial score (nSPS) is 16.3. The molecule has 0 bridgehead atoms. The highest BCUT2D eigenvalue weighted by Gasteiger charge is 2.35. The van der Waals surface area contributed by atoms with Gasteiger partial charge in [0.05, 0.1) is 5.92 Å². The van der Waals surface area contributed by atoms with Crippen molar-refractivity contribution in [3.05, 3.63) is 53.6 Å². The fraction of sp³-hybridized carbons (Fsp3) is 0.286. The van der Waals surface area contributed by atoms with E-state index in [0.717, 1.165) is 22.5 Å². The molecule has 0 aliphatic carbocycles. The molecule has 1 unspecified atom stereocenters. The molecule has 0 aromatic heterocycles. The Morgan fingerprint density at radius 1 is 1.04 bits per heavy atom. The second-order valence-corrected chi connectivity index (χ2v) is 6.87. The highest BCUT2D eigenvalue weighted by Crippen LogP contribution is 2.28. The van der Waals surface area contributed by atoms with Crippen LogP contribution in [-0.2, 0) is 14.4 Å². The van der Waals surface area contributed by atoms with Crippen LogP contribution >= 0.6 is 0 Å². The number of rotatable bonds is 4. The van der Waals surface area contributed by atoms with Gasteiger partial charge in [-0.15, -0.1) is 0 Å². The van der Waals surface area contributed by atoms with E-state index in [1.807, 2.05) is 32.0 Å². The molecule has 27 heavy (non-hydrogen) atoms. The minimum atomic E-state index is -0.396. The van der Waals surface area contributed by atoms with E-state index in [1.165, 1.54) is 6.92 Å². The van der Waals surface area contributed by atoms with Gasteiger partial charge in [0.2, 0.25) is 17.7 Å². The SMILES string of the molecule is CC(=O)Nc1ccc(N2CC(C(=O)Nc3cccc(C)c3C)CC2=O)cc1. The highest BCUT2D eigenvalue weighted by molar-refractivity contribution is 6.04. The molecule has 0 spiro atoms. The smallest absolute Gasteiger partial charge is 0.229 e. The third-order valence-electron chi connectivity index (χ3n) is 4.86.